The molecule has 0 radical (unpaired) electrons. The summed E-state index contributed by atoms with van der Waals surface area (Å²) in [7, 11) is 0. The number of benzene rings is 5. The highest BCUT2D eigenvalue weighted by molar-refractivity contribution is 6.09. The van der Waals surface area contributed by atoms with Crippen LogP contribution in [-0.2, 0) is 0 Å². The van der Waals surface area contributed by atoms with Crippen LogP contribution in [0.1, 0.15) is 0 Å². The van der Waals surface area contributed by atoms with E-state index < -0.39 is 0 Å². The zero-order valence-electron chi connectivity index (χ0n) is 16.7. The van der Waals surface area contributed by atoms with E-state index in [1.165, 1.54) is 27.5 Å². The molecule has 0 fully saturated rings. The van der Waals surface area contributed by atoms with Crippen molar-refractivity contribution in [2.45, 2.75) is 0 Å². The molecule has 0 amide bonds. The van der Waals surface area contributed by atoms with Crippen molar-refractivity contribution in [3.63, 3.8) is 0 Å². The molecule has 144 valence electrons. The van der Waals surface area contributed by atoms with Crippen molar-refractivity contribution in [1.29, 1.82) is 0 Å². The second-order valence-corrected chi connectivity index (χ2v) is 7.67. The lowest BCUT2D eigenvalue weighted by Crippen LogP contribution is -1.86. The standard InChI is InChI=1S/C29H17NO/c1-30-21-13-10-19(11-14-21)22-15-16-23(25-7-3-2-6-24(22)25)20-12-17-29-27(18-20)26-8-4-5-9-28(26)31-29/h2-18H. The molecule has 0 unspecified atom stereocenters. The summed E-state index contributed by atoms with van der Waals surface area (Å²) < 4.78 is 6.01. The maximum atomic E-state index is 7.19. The van der Waals surface area contributed by atoms with Gasteiger partial charge in [0.05, 0.1) is 6.57 Å². The molecule has 2 nitrogen and oxygen atoms in total. The summed E-state index contributed by atoms with van der Waals surface area (Å²) >= 11 is 0. The van der Waals surface area contributed by atoms with E-state index >= 15 is 0 Å². The Kier molecular flexibility index (Phi) is 3.88. The van der Waals surface area contributed by atoms with Crippen LogP contribution in [-0.4, -0.2) is 0 Å². The molecule has 2 heteroatoms. The Morgan fingerprint density at radius 1 is 0.516 bits per heavy atom. The molecule has 0 atom stereocenters. The fourth-order valence-corrected chi connectivity index (χ4v) is 4.41. The largest absolute Gasteiger partial charge is 0.456 e. The quantitative estimate of drug-likeness (QED) is 0.268. The highest BCUT2D eigenvalue weighted by atomic mass is 16.3. The molecule has 0 saturated heterocycles. The van der Waals surface area contributed by atoms with Crippen molar-refractivity contribution < 1.29 is 4.42 Å². The molecular formula is C29H17NO. The van der Waals surface area contributed by atoms with E-state index in [0.29, 0.717) is 5.69 Å². The Balaban J connectivity index is 1.57. The van der Waals surface area contributed by atoms with E-state index in [1.54, 1.807) is 0 Å². The first-order chi connectivity index (χ1) is 15.3. The predicted molar refractivity (Wildman–Crippen MR) is 128 cm³/mol. The molecule has 0 saturated carbocycles. The van der Waals surface area contributed by atoms with Gasteiger partial charge < -0.3 is 4.42 Å². The summed E-state index contributed by atoms with van der Waals surface area (Å²) in [4.78, 5) is 3.51. The summed E-state index contributed by atoms with van der Waals surface area (Å²) in [6.07, 6.45) is 0. The third-order valence-electron chi connectivity index (χ3n) is 5.92. The van der Waals surface area contributed by atoms with Gasteiger partial charge in [-0.3, -0.25) is 0 Å². The van der Waals surface area contributed by atoms with Crippen molar-refractivity contribution in [2.24, 2.45) is 0 Å². The molecule has 1 heterocycles. The summed E-state index contributed by atoms with van der Waals surface area (Å²) in [6.45, 7) is 7.19. The topological polar surface area (TPSA) is 17.5 Å². The van der Waals surface area contributed by atoms with Crippen LogP contribution in [0.5, 0.6) is 0 Å². The molecule has 0 aliphatic carbocycles. The van der Waals surface area contributed by atoms with Crippen molar-refractivity contribution in [3.05, 3.63) is 115 Å². The second-order valence-electron chi connectivity index (χ2n) is 7.67. The zero-order chi connectivity index (χ0) is 20.8. The van der Waals surface area contributed by atoms with Crippen molar-refractivity contribution in [2.75, 3.05) is 0 Å². The SMILES string of the molecule is [C-]#[N+]c1ccc(-c2ccc(-c3ccc4oc5ccccc5c4c3)c3ccccc23)cc1. The summed E-state index contributed by atoms with van der Waals surface area (Å²) in [5.41, 5.74) is 7.14. The van der Waals surface area contributed by atoms with Gasteiger partial charge in [-0.2, -0.15) is 0 Å². The maximum Gasteiger partial charge on any atom is 0.187 e. The average Bonchev–Trinajstić information content (AvgIpc) is 3.21. The first kappa shape index (κ1) is 17.5. The fourth-order valence-electron chi connectivity index (χ4n) is 4.41. The number of hydrogen-bond acceptors (Lipinski definition) is 1. The third-order valence-corrected chi connectivity index (χ3v) is 5.92. The van der Waals surface area contributed by atoms with Gasteiger partial charge in [-0.05, 0) is 51.2 Å². The monoisotopic (exact) mass is 395 g/mol. The van der Waals surface area contributed by atoms with Crippen LogP contribution in [0.4, 0.5) is 5.69 Å². The van der Waals surface area contributed by atoms with Gasteiger partial charge in [-0.25, -0.2) is 4.85 Å². The van der Waals surface area contributed by atoms with Crippen molar-refractivity contribution in [3.8, 4) is 22.3 Å². The van der Waals surface area contributed by atoms with E-state index in [4.69, 9.17) is 11.0 Å². The van der Waals surface area contributed by atoms with Crippen molar-refractivity contribution in [1.82, 2.24) is 0 Å². The van der Waals surface area contributed by atoms with E-state index in [2.05, 4.69) is 65.5 Å². The Hall–Kier alpha value is -4.35. The molecule has 6 aromatic rings. The van der Waals surface area contributed by atoms with Gasteiger partial charge in [0.2, 0.25) is 0 Å². The normalized spacial score (nSPS) is 11.2. The Bertz CT molecular complexity index is 1630. The van der Waals surface area contributed by atoms with Gasteiger partial charge in [-0.1, -0.05) is 84.9 Å². The minimum absolute atomic E-state index is 0.658. The van der Waals surface area contributed by atoms with Gasteiger partial charge in [-0.15, -0.1) is 0 Å². The van der Waals surface area contributed by atoms with Gasteiger partial charge in [0.1, 0.15) is 11.2 Å². The molecule has 5 aromatic carbocycles. The minimum atomic E-state index is 0.658. The minimum Gasteiger partial charge on any atom is -0.456 e. The summed E-state index contributed by atoms with van der Waals surface area (Å²) in [5.74, 6) is 0. The molecule has 1 aromatic heterocycles. The maximum absolute atomic E-state index is 7.19. The zero-order valence-corrected chi connectivity index (χ0v) is 16.7. The Labute approximate surface area is 179 Å². The van der Waals surface area contributed by atoms with Crippen LogP contribution in [0.3, 0.4) is 0 Å². The molecule has 0 aliphatic heterocycles. The average molecular weight is 395 g/mol. The molecule has 0 bridgehead atoms. The van der Waals surface area contributed by atoms with E-state index in [-0.39, 0.29) is 0 Å². The van der Waals surface area contributed by atoms with Crippen LogP contribution in [0.15, 0.2) is 108 Å². The van der Waals surface area contributed by atoms with Gasteiger partial charge in [0, 0.05) is 10.8 Å². The van der Waals surface area contributed by atoms with Crippen LogP contribution in [0.2, 0.25) is 0 Å². The number of furan rings is 1. The lowest BCUT2D eigenvalue weighted by atomic mass is 9.91. The second kappa shape index (κ2) is 6.86. The van der Waals surface area contributed by atoms with Gasteiger partial charge in [0.15, 0.2) is 5.69 Å². The van der Waals surface area contributed by atoms with Gasteiger partial charge >= 0.3 is 0 Å². The van der Waals surface area contributed by atoms with Crippen LogP contribution >= 0.6 is 0 Å². The summed E-state index contributed by atoms with van der Waals surface area (Å²) in [5, 5.41) is 4.69. The summed E-state index contributed by atoms with van der Waals surface area (Å²) in [6, 6.07) is 35.3. The van der Waals surface area contributed by atoms with E-state index in [9.17, 15) is 0 Å². The highest BCUT2D eigenvalue weighted by Crippen LogP contribution is 2.38. The predicted octanol–water partition coefficient (Wildman–Crippen LogP) is 8.62. The van der Waals surface area contributed by atoms with Gasteiger partial charge in [0.25, 0.3) is 0 Å². The lowest BCUT2D eigenvalue weighted by molar-refractivity contribution is 0.669. The van der Waals surface area contributed by atoms with Crippen molar-refractivity contribution >= 4 is 38.4 Å². The molecule has 0 aliphatic rings. The van der Waals surface area contributed by atoms with E-state index in [1.807, 2.05) is 42.5 Å². The Morgan fingerprint density at radius 3 is 1.81 bits per heavy atom. The van der Waals surface area contributed by atoms with E-state index in [0.717, 1.165) is 27.5 Å². The van der Waals surface area contributed by atoms with Crippen LogP contribution < -0.4 is 0 Å². The molecular weight excluding hydrogens is 378 g/mol. The molecule has 0 spiro atoms. The smallest absolute Gasteiger partial charge is 0.187 e. The number of nitrogens with zero attached hydrogens (tertiary/aromatic N) is 1. The fraction of sp³-hybridized carbons (Fsp3) is 0. The first-order valence-corrected chi connectivity index (χ1v) is 10.2. The molecule has 6 rings (SSSR count). The number of hydrogen-bond donors (Lipinski definition) is 0. The number of fused-ring (bicyclic) bond motifs is 4. The number of rotatable bonds is 2. The third kappa shape index (κ3) is 2.79. The molecule has 31 heavy (non-hydrogen) atoms. The molecule has 0 N–H and O–H groups in total. The first-order valence-electron chi connectivity index (χ1n) is 10.2. The van der Waals surface area contributed by atoms with Crippen LogP contribution in [0, 0.1) is 6.57 Å². The lowest BCUT2D eigenvalue weighted by Gasteiger charge is -2.12. The highest BCUT2D eigenvalue weighted by Gasteiger charge is 2.12. The number of para-hydroxylation sites is 1. The van der Waals surface area contributed by atoms with Crippen LogP contribution in [0.25, 0.3) is 59.8 Å². The Morgan fingerprint density at radius 2 is 1.10 bits per heavy atom.